The zero-order chi connectivity index (χ0) is 11.1. The molecular formula is C10H13NO4. The molecule has 5 heteroatoms. The van der Waals surface area contributed by atoms with E-state index in [2.05, 4.69) is 5.16 Å². The number of aliphatic carboxylic acids is 1. The molecule has 2 atom stereocenters. The molecule has 0 radical (unpaired) electrons. The summed E-state index contributed by atoms with van der Waals surface area (Å²) >= 11 is 0. The van der Waals surface area contributed by atoms with Crippen LogP contribution in [0.5, 0.6) is 0 Å². The number of carboxylic acid groups (broad SMARTS) is 1. The molecule has 0 bridgehead atoms. The maximum Gasteiger partial charge on any atom is 0.306 e. The van der Waals surface area contributed by atoms with Crippen molar-refractivity contribution < 1.29 is 19.5 Å². The average molecular weight is 211 g/mol. The molecule has 0 aliphatic heterocycles. The number of fused-ring (bicyclic) bond motifs is 1. The molecule has 2 rings (SSSR count). The molecule has 0 aromatic carbocycles. The highest BCUT2D eigenvalue weighted by Gasteiger charge is 2.44. The second kappa shape index (κ2) is 3.34. The largest absolute Gasteiger partial charge is 0.481 e. The lowest BCUT2D eigenvalue weighted by molar-refractivity contribution is -0.146. The van der Waals surface area contributed by atoms with Gasteiger partial charge in [0, 0.05) is 12.0 Å². The van der Waals surface area contributed by atoms with Crippen molar-refractivity contribution in [2.45, 2.75) is 31.8 Å². The lowest BCUT2D eigenvalue weighted by atomic mass is 9.73. The number of aryl methyl sites for hydroxylation is 1. The number of carboxylic acids is 1. The SMILES string of the molecule is CC1CCc2oncc2C1(O)CC(=O)O. The fourth-order valence-electron chi connectivity index (χ4n) is 2.15. The third-order valence-corrected chi connectivity index (χ3v) is 3.15. The van der Waals surface area contributed by atoms with Gasteiger partial charge in [-0.15, -0.1) is 0 Å². The molecule has 0 spiro atoms. The Kier molecular flexibility index (Phi) is 2.26. The molecule has 0 fully saturated rings. The van der Waals surface area contributed by atoms with Crippen molar-refractivity contribution in [2.75, 3.05) is 0 Å². The molecule has 2 N–H and O–H groups in total. The fraction of sp³-hybridized carbons (Fsp3) is 0.600. The molecule has 5 nitrogen and oxygen atoms in total. The summed E-state index contributed by atoms with van der Waals surface area (Å²) in [6.07, 6.45) is 2.54. The summed E-state index contributed by atoms with van der Waals surface area (Å²) in [6.45, 7) is 1.85. The molecule has 0 amide bonds. The van der Waals surface area contributed by atoms with E-state index in [0.717, 1.165) is 0 Å². The van der Waals surface area contributed by atoms with E-state index in [4.69, 9.17) is 9.63 Å². The molecule has 2 unspecified atom stereocenters. The van der Waals surface area contributed by atoms with Gasteiger partial charge in [-0.1, -0.05) is 12.1 Å². The first-order chi connectivity index (χ1) is 7.04. The lowest BCUT2D eigenvalue weighted by Gasteiger charge is -2.35. The van der Waals surface area contributed by atoms with E-state index in [9.17, 15) is 9.90 Å². The van der Waals surface area contributed by atoms with Crippen molar-refractivity contribution in [3.05, 3.63) is 17.5 Å². The van der Waals surface area contributed by atoms with Gasteiger partial charge in [0.25, 0.3) is 0 Å². The third kappa shape index (κ3) is 1.52. The van der Waals surface area contributed by atoms with Crippen LogP contribution in [0.3, 0.4) is 0 Å². The van der Waals surface area contributed by atoms with Gasteiger partial charge >= 0.3 is 5.97 Å². The molecule has 1 aliphatic rings. The second-order valence-electron chi connectivity index (χ2n) is 4.10. The van der Waals surface area contributed by atoms with E-state index in [1.54, 1.807) is 0 Å². The van der Waals surface area contributed by atoms with E-state index in [1.807, 2.05) is 6.92 Å². The third-order valence-electron chi connectivity index (χ3n) is 3.15. The van der Waals surface area contributed by atoms with Crippen LogP contribution in [0.15, 0.2) is 10.7 Å². The van der Waals surface area contributed by atoms with Crippen molar-refractivity contribution in [1.29, 1.82) is 0 Å². The molecule has 0 saturated heterocycles. The Balaban J connectivity index is 2.42. The topological polar surface area (TPSA) is 83.6 Å². The zero-order valence-electron chi connectivity index (χ0n) is 8.43. The molecule has 15 heavy (non-hydrogen) atoms. The number of hydrogen-bond donors (Lipinski definition) is 2. The summed E-state index contributed by atoms with van der Waals surface area (Å²) < 4.78 is 4.98. The Morgan fingerprint density at radius 2 is 2.53 bits per heavy atom. The summed E-state index contributed by atoms with van der Waals surface area (Å²) in [5.41, 5.74) is -0.803. The first kappa shape index (κ1) is 10.2. The van der Waals surface area contributed by atoms with Crippen LogP contribution < -0.4 is 0 Å². The highest BCUT2D eigenvalue weighted by Crippen LogP contribution is 2.41. The zero-order valence-corrected chi connectivity index (χ0v) is 8.43. The minimum absolute atomic E-state index is 0.0968. The molecule has 1 aliphatic carbocycles. The Hall–Kier alpha value is -1.36. The van der Waals surface area contributed by atoms with Crippen LogP contribution in [-0.4, -0.2) is 21.3 Å². The Bertz CT molecular complexity index is 387. The number of aromatic nitrogens is 1. The summed E-state index contributed by atoms with van der Waals surface area (Å²) in [6, 6.07) is 0. The first-order valence-corrected chi connectivity index (χ1v) is 4.92. The number of carbonyl (C=O) groups is 1. The maximum absolute atomic E-state index is 10.7. The smallest absolute Gasteiger partial charge is 0.306 e. The summed E-state index contributed by atoms with van der Waals surface area (Å²) in [5.74, 6) is -0.504. The van der Waals surface area contributed by atoms with Crippen LogP contribution in [0.4, 0.5) is 0 Å². The summed E-state index contributed by atoms with van der Waals surface area (Å²) in [4.78, 5) is 10.7. The standard InChI is InChI=1S/C10H13NO4/c1-6-2-3-8-7(5-11-15-8)10(6,14)4-9(12)13/h5-6,14H,2-4H2,1H3,(H,12,13). The van der Waals surface area contributed by atoms with Gasteiger partial charge in [-0.3, -0.25) is 4.79 Å². The van der Waals surface area contributed by atoms with Gasteiger partial charge in [0.1, 0.15) is 11.4 Å². The minimum atomic E-state index is -1.33. The number of rotatable bonds is 2. The van der Waals surface area contributed by atoms with Crippen molar-refractivity contribution in [2.24, 2.45) is 5.92 Å². The van der Waals surface area contributed by atoms with Gasteiger partial charge in [0.2, 0.25) is 0 Å². The van der Waals surface area contributed by atoms with Crippen molar-refractivity contribution in [3.8, 4) is 0 Å². The Morgan fingerprint density at radius 3 is 3.20 bits per heavy atom. The normalized spacial score (nSPS) is 29.9. The highest BCUT2D eigenvalue weighted by molar-refractivity contribution is 5.68. The van der Waals surface area contributed by atoms with E-state index >= 15 is 0 Å². The van der Waals surface area contributed by atoms with Crippen LogP contribution in [0.2, 0.25) is 0 Å². The summed E-state index contributed by atoms with van der Waals surface area (Å²) in [5, 5.41) is 22.8. The van der Waals surface area contributed by atoms with Crippen molar-refractivity contribution >= 4 is 5.97 Å². The Labute approximate surface area is 86.7 Å². The first-order valence-electron chi connectivity index (χ1n) is 4.92. The van der Waals surface area contributed by atoms with Crippen LogP contribution in [-0.2, 0) is 16.8 Å². The van der Waals surface area contributed by atoms with Crippen molar-refractivity contribution in [3.63, 3.8) is 0 Å². The van der Waals surface area contributed by atoms with E-state index < -0.39 is 11.6 Å². The predicted molar refractivity (Wildman–Crippen MR) is 50.1 cm³/mol. The predicted octanol–water partition coefficient (Wildman–Crippen LogP) is 0.919. The van der Waals surface area contributed by atoms with Crippen LogP contribution >= 0.6 is 0 Å². The number of hydrogen-bond acceptors (Lipinski definition) is 4. The molecular weight excluding hydrogens is 198 g/mol. The van der Waals surface area contributed by atoms with Crippen LogP contribution in [0.25, 0.3) is 0 Å². The van der Waals surface area contributed by atoms with Crippen LogP contribution in [0, 0.1) is 5.92 Å². The lowest BCUT2D eigenvalue weighted by Crippen LogP contribution is -2.39. The van der Waals surface area contributed by atoms with Crippen molar-refractivity contribution in [1.82, 2.24) is 5.16 Å². The second-order valence-corrected chi connectivity index (χ2v) is 4.10. The van der Waals surface area contributed by atoms with E-state index in [1.165, 1.54) is 6.20 Å². The fourth-order valence-corrected chi connectivity index (χ4v) is 2.15. The summed E-state index contributed by atoms with van der Waals surface area (Å²) in [7, 11) is 0. The molecule has 1 aromatic rings. The Morgan fingerprint density at radius 1 is 1.80 bits per heavy atom. The number of aliphatic hydroxyl groups is 1. The molecule has 0 saturated carbocycles. The van der Waals surface area contributed by atoms with Gasteiger partial charge in [0.15, 0.2) is 0 Å². The maximum atomic E-state index is 10.7. The quantitative estimate of drug-likeness (QED) is 0.759. The monoisotopic (exact) mass is 211 g/mol. The highest BCUT2D eigenvalue weighted by atomic mass is 16.5. The van der Waals surface area contributed by atoms with E-state index in [-0.39, 0.29) is 12.3 Å². The van der Waals surface area contributed by atoms with Gasteiger partial charge in [-0.25, -0.2) is 0 Å². The molecule has 82 valence electrons. The minimum Gasteiger partial charge on any atom is -0.481 e. The number of nitrogens with zero attached hydrogens (tertiary/aromatic N) is 1. The van der Waals surface area contributed by atoms with Gasteiger partial charge < -0.3 is 14.7 Å². The van der Waals surface area contributed by atoms with Gasteiger partial charge in [-0.05, 0) is 12.3 Å². The van der Waals surface area contributed by atoms with E-state index in [0.29, 0.717) is 24.2 Å². The van der Waals surface area contributed by atoms with Gasteiger partial charge in [0.05, 0.1) is 12.6 Å². The molecule has 1 heterocycles. The van der Waals surface area contributed by atoms with Crippen LogP contribution in [0.1, 0.15) is 31.1 Å². The molecule has 1 aromatic heterocycles. The average Bonchev–Trinajstić information content (AvgIpc) is 2.59. The van der Waals surface area contributed by atoms with Gasteiger partial charge in [-0.2, -0.15) is 0 Å².